The first-order valence-electron chi connectivity index (χ1n) is 11.2. The van der Waals surface area contributed by atoms with E-state index < -0.39 is 54.0 Å². The summed E-state index contributed by atoms with van der Waals surface area (Å²) in [7, 11) is -17.0. The maximum Gasteiger partial charge on any atom is 0.490 e. The van der Waals surface area contributed by atoms with Gasteiger partial charge in [-0.05, 0) is 25.0 Å². The highest BCUT2D eigenvalue weighted by atomic mass is 31.3. The Morgan fingerprint density at radius 2 is 1.85 bits per heavy atom. The number of carbonyl (C=O) groups is 1. The summed E-state index contributed by atoms with van der Waals surface area (Å²) in [5, 5.41) is 40.8. The van der Waals surface area contributed by atoms with Crippen LogP contribution in [-0.4, -0.2) is 77.8 Å². The van der Waals surface area contributed by atoms with E-state index in [1.165, 1.54) is 12.1 Å². The molecule has 1 amide bonds. The van der Waals surface area contributed by atoms with Gasteiger partial charge < -0.3 is 44.8 Å². The van der Waals surface area contributed by atoms with Crippen LogP contribution in [0.5, 0.6) is 0 Å². The van der Waals surface area contributed by atoms with Crippen molar-refractivity contribution in [2.24, 2.45) is 10.9 Å². The van der Waals surface area contributed by atoms with Crippen LogP contribution >= 0.6 is 23.5 Å². The second-order valence-corrected chi connectivity index (χ2v) is 12.6. The van der Waals surface area contributed by atoms with Crippen molar-refractivity contribution in [1.29, 1.82) is 10.7 Å². The number of aliphatic hydroxyl groups is 2. The molecule has 1 fully saturated rings. The van der Waals surface area contributed by atoms with Crippen LogP contribution in [0.1, 0.15) is 38.1 Å². The minimum absolute atomic E-state index is 0.0921. The molecule has 1 aromatic heterocycles. The third-order valence-electron chi connectivity index (χ3n) is 5.58. The molecule has 224 valence electrons. The first kappa shape index (κ1) is 34.1. The number of phosphoric acid groups is 3. The Labute approximate surface area is 226 Å². The first-order valence-corrected chi connectivity index (χ1v) is 15.8. The number of amidine groups is 1. The van der Waals surface area contributed by atoms with Crippen molar-refractivity contribution >= 4 is 41.5 Å². The summed E-state index contributed by atoms with van der Waals surface area (Å²) < 4.78 is 51.3. The minimum atomic E-state index is -5.81. The van der Waals surface area contributed by atoms with Crippen LogP contribution in [0.25, 0.3) is 0 Å². The van der Waals surface area contributed by atoms with Crippen LogP contribution in [0.3, 0.4) is 0 Å². The van der Waals surface area contributed by atoms with Gasteiger partial charge in [0.2, 0.25) is 11.5 Å². The molecule has 1 aromatic rings. The van der Waals surface area contributed by atoms with E-state index in [-0.39, 0.29) is 29.0 Å². The van der Waals surface area contributed by atoms with Crippen molar-refractivity contribution in [1.82, 2.24) is 10.3 Å². The van der Waals surface area contributed by atoms with Crippen LogP contribution in [0, 0.1) is 22.7 Å². The van der Waals surface area contributed by atoms with E-state index in [0.717, 1.165) is 0 Å². The van der Waals surface area contributed by atoms with Crippen molar-refractivity contribution < 1.29 is 66.2 Å². The number of rotatable bonds is 13. The number of aliphatic imine (C=N–C) groups is 1. The molecule has 0 radical (unpaired) electrons. The number of H-pyrrole nitrogens is 1. The van der Waals surface area contributed by atoms with Gasteiger partial charge in [0.1, 0.15) is 30.7 Å². The molecule has 2 rings (SSSR count). The Bertz CT molecular complexity index is 1300. The van der Waals surface area contributed by atoms with Crippen molar-refractivity contribution in [2.75, 3.05) is 6.61 Å². The summed E-state index contributed by atoms with van der Waals surface area (Å²) in [6, 6.07) is 4.27. The fraction of sp³-hybridized carbons (Fsp3) is 0.556. The normalized spacial score (nSPS) is 26.6. The zero-order valence-electron chi connectivity index (χ0n) is 20.8. The lowest BCUT2D eigenvalue weighted by molar-refractivity contribution is -0.123. The van der Waals surface area contributed by atoms with Crippen molar-refractivity contribution in [3.63, 3.8) is 0 Å². The number of hydrogen-bond acceptors (Lipinski definition) is 12. The highest BCUT2D eigenvalue weighted by molar-refractivity contribution is 7.66. The third-order valence-corrected chi connectivity index (χ3v) is 9.38. The van der Waals surface area contributed by atoms with Gasteiger partial charge in [0, 0.05) is 5.92 Å². The SMILES string of the molecule is CCC(CC)C(=O)NC(=NC=N)c1ccc([C@]2(C#N)O[C@H](COP(=O)(O)OP(=O)(O)OP(=O)(O)O)[C@@H](O)[C@H]2O)[nH]1. The predicted octanol–water partition coefficient (Wildman–Crippen LogP) is 0.104. The number of ether oxygens (including phenoxy) is 1. The maximum absolute atomic E-state index is 12.5. The third kappa shape index (κ3) is 8.44. The monoisotopic (exact) mass is 631 g/mol. The molecule has 0 bridgehead atoms. The number of nitriles is 1. The van der Waals surface area contributed by atoms with Gasteiger partial charge in [-0.3, -0.25) is 14.7 Å². The number of aromatic amines is 1. The summed E-state index contributed by atoms with van der Waals surface area (Å²) in [6.07, 6.45) is -3.94. The lowest BCUT2D eigenvalue weighted by Crippen LogP contribution is -2.40. The van der Waals surface area contributed by atoms with Crippen LogP contribution in [0.15, 0.2) is 17.1 Å². The van der Waals surface area contributed by atoms with Gasteiger partial charge in [-0.1, -0.05) is 13.8 Å². The van der Waals surface area contributed by atoms with E-state index in [4.69, 9.17) is 19.9 Å². The number of carbonyl (C=O) groups excluding carboxylic acids is 1. The average molecular weight is 631 g/mol. The number of aromatic nitrogens is 1. The minimum Gasteiger partial charge on any atom is -0.387 e. The van der Waals surface area contributed by atoms with Crippen LogP contribution < -0.4 is 5.32 Å². The van der Waals surface area contributed by atoms with Crippen LogP contribution in [-0.2, 0) is 42.0 Å². The van der Waals surface area contributed by atoms with E-state index >= 15 is 0 Å². The quantitative estimate of drug-likeness (QED) is 0.0792. The van der Waals surface area contributed by atoms with E-state index in [0.29, 0.717) is 19.2 Å². The molecular weight excluding hydrogens is 603 g/mol. The summed E-state index contributed by atoms with van der Waals surface area (Å²) >= 11 is 0. The Morgan fingerprint density at radius 1 is 1.23 bits per heavy atom. The van der Waals surface area contributed by atoms with E-state index in [1.54, 1.807) is 6.07 Å². The smallest absolute Gasteiger partial charge is 0.387 e. The maximum atomic E-state index is 12.5. The number of nitrogens with one attached hydrogen (secondary N) is 3. The molecule has 0 aromatic carbocycles. The molecule has 0 aliphatic carbocycles. The number of hydrogen-bond donors (Lipinski definition) is 9. The molecule has 1 aliphatic heterocycles. The molecule has 0 spiro atoms. The first-order chi connectivity index (χ1) is 18.4. The highest BCUT2D eigenvalue weighted by Crippen LogP contribution is 2.66. The Balaban J connectivity index is 2.24. The molecule has 6 atom stereocenters. The predicted molar refractivity (Wildman–Crippen MR) is 132 cm³/mol. The molecule has 40 heavy (non-hydrogen) atoms. The summed E-state index contributed by atoms with van der Waals surface area (Å²) in [5.41, 5.74) is -2.40. The Kier molecular flexibility index (Phi) is 11.3. The Morgan fingerprint density at radius 3 is 2.38 bits per heavy atom. The van der Waals surface area contributed by atoms with Gasteiger partial charge in [0.05, 0.1) is 18.0 Å². The largest absolute Gasteiger partial charge is 0.490 e. The fourth-order valence-corrected chi connectivity index (χ4v) is 6.69. The molecule has 0 saturated carbocycles. The zero-order chi connectivity index (χ0) is 30.5. The van der Waals surface area contributed by atoms with E-state index in [1.807, 2.05) is 13.8 Å². The van der Waals surface area contributed by atoms with Gasteiger partial charge in [-0.15, -0.1) is 0 Å². The molecular formula is C18H28N5O14P3. The average Bonchev–Trinajstić information content (AvgIpc) is 3.41. The number of phosphoric ester groups is 1. The standard InChI is InChI=1S/C18H28N5O14P3/c1-3-10(4-2)17(26)23-16(21-9-20)11-5-6-13(22-11)18(8-19)15(25)14(24)12(35-18)7-34-39(30,31)37-40(32,33)36-38(27,28)29/h5-6,9-10,12,14-15,22,24-25H,3-4,7H2,1-2H3,(H,30,31)(H,32,33)(H2,27,28,29)(H2,20,21,23,26)/t12-,14-,15-,18+/m1/s1. The van der Waals surface area contributed by atoms with Crippen molar-refractivity contribution in [3.8, 4) is 6.07 Å². The summed E-state index contributed by atoms with van der Waals surface area (Å²) in [4.78, 5) is 55.0. The van der Waals surface area contributed by atoms with Gasteiger partial charge in [-0.2, -0.15) is 13.9 Å². The van der Waals surface area contributed by atoms with E-state index in [2.05, 4.69) is 28.4 Å². The van der Waals surface area contributed by atoms with Crippen LogP contribution in [0.2, 0.25) is 0 Å². The van der Waals surface area contributed by atoms with Gasteiger partial charge in [0.25, 0.3) is 0 Å². The molecule has 1 saturated heterocycles. The molecule has 19 nitrogen and oxygen atoms in total. The zero-order valence-corrected chi connectivity index (χ0v) is 23.5. The van der Waals surface area contributed by atoms with Gasteiger partial charge in [-0.25, -0.2) is 18.7 Å². The fourth-order valence-electron chi connectivity index (χ4n) is 3.66. The number of amides is 1. The van der Waals surface area contributed by atoms with Crippen LogP contribution in [0.4, 0.5) is 0 Å². The highest BCUT2D eigenvalue weighted by Gasteiger charge is 2.57. The molecule has 9 N–H and O–H groups in total. The molecule has 2 heterocycles. The topological polar surface area (TPSA) is 314 Å². The molecule has 22 heteroatoms. The number of nitrogens with zero attached hydrogens (tertiary/aromatic N) is 2. The molecule has 2 unspecified atom stereocenters. The lowest BCUT2D eigenvalue weighted by atomic mass is 9.93. The van der Waals surface area contributed by atoms with Gasteiger partial charge in [0.15, 0.2) is 5.84 Å². The number of aliphatic hydroxyl groups excluding tert-OH is 2. The van der Waals surface area contributed by atoms with Crippen molar-refractivity contribution in [3.05, 3.63) is 23.5 Å². The van der Waals surface area contributed by atoms with E-state index in [9.17, 15) is 43.8 Å². The second kappa shape index (κ2) is 13.2. The lowest BCUT2D eigenvalue weighted by Gasteiger charge is -2.23. The Hall–Kier alpha value is -2.13. The van der Waals surface area contributed by atoms with Crippen molar-refractivity contribution in [2.45, 2.75) is 50.6 Å². The summed E-state index contributed by atoms with van der Waals surface area (Å²) in [5.74, 6) is -0.819. The molecule has 1 aliphatic rings. The van der Waals surface area contributed by atoms with Gasteiger partial charge >= 0.3 is 23.5 Å². The second-order valence-electron chi connectivity index (χ2n) is 8.22. The summed E-state index contributed by atoms with van der Waals surface area (Å²) in [6.45, 7) is 2.50.